The molecule has 2 aliphatic rings. The molecule has 0 spiro atoms. The standard InChI is InChI=1S/C48H37N3/c1-32-20-28-38(29-21-32)48(39-30-22-33(2)23-31-39)42-18-10-9-16-41(42)44-40(17-11-19-43(44)48)34-24-26-37(27-25-34)47-50-45(35-12-5-3-6-13-35)49-46(51-47)36-14-7-4-8-15-36/h3-31,40,44H,1-2H3. The average molecular weight is 656 g/mol. The van der Waals surface area contributed by atoms with Crippen LogP contribution in [-0.2, 0) is 5.41 Å². The second-order valence-corrected chi connectivity index (χ2v) is 13.7. The number of benzene rings is 6. The van der Waals surface area contributed by atoms with Crippen LogP contribution in [0.2, 0.25) is 0 Å². The van der Waals surface area contributed by atoms with Gasteiger partial charge in [0.05, 0.1) is 5.41 Å². The van der Waals surface area contributed by atoms with Crippen molar-refractivity contribution in [2.45, 2.75) is 31.1 Å². The summed E-state index contributed by atoms with van der Waals surface area (Å²) >= 11 is 0. The molecule has 9 rings (SSSR count). The quantitative estimate of drug-likeness (QED) is 0.179. The van der Waals surface area contributed by atoms with Gasteiger partial charge in [-0.2, -0.15) is 0 Å². The molecule has 6 aromatic carbocycles. The van der Waals surface area contributed by atoms with E-state index >= 15 is 0 Å². The number of allylic oxidation sites excluding steroid dienone is 4. The van der Waals surface area contributed by atoms with Crippen molar-refractivity contribution in [2.75, 3.05) is 0 Å². The molecule has 2 atom stereocenters. The van der Waals surface area contributed by atoms with Crippen LogP contribution in [0.25, 0.3) is 34.2 Å². The van der Waals surface area contributed by atoms with Crippen LogP contribution in [-0.4, -0.2) is 15.0 Å². The van der Waals surface area contributed by atoms with E-state index in [9.17, 15) is 0 Å². The van der Waals surface area contributed by atoms with E-state index in [1.165, 1.54) is 44.5 Å². The average Bonchev–Trinajstić information content (AvgIpc) is 3.50. The third-order valence-electron chi connectivity index (χ3n) is 10.6. The first-order valence-corrected chi connectivity index (χ1v) is 17.7. The SMILES string of the molecule is Cc1ccc(C2(c3ccc(C)cc3)C3=CC=CC(c4ccc(-c5nc(-c6ccccc6)nc(-c6ccccc6)n5)cc4)C3c3ccccc32)cc1. The maximum absolute atomic E-state index is 4.98. The van der Waals surface area contributed by atoms with Gasteiger partial charge >= 0.3 is 0 Å². The summed E-state index contributed by atoms with van der Waals surface area (Å²) in [7, 11) is 0. The summed E-state index contributed by atoms with van der Waals surface area (Å²) in [4.78, 5) is 14.8. The van der Waals surface area contributed by atoms with Crippen molar-refractivity contribution in [1.29, 1.82) is 0 Å². The normalized spacial score (nSPS) is 17.0. The molecule has 0 radical (unpaired) electrons. The van der Waals surface area contributed by atoms with Crippen LogP contribution < -0.4 is 0 Å². The minimum Gasteiger partial charge on any atom is -0.208 e. The predicted molar refractivity (Wildman–Crippen MR) is 208 cm³/mol. The van der Waals surface area contributed by atoms with Gasteiger partial charge in [0.25, 0.3) is 0 Å². The zero-order valence-electron chi connectivity index (χ0n) is 28.7. The van der Waals surface area contributed by atoms with Gasteiger partial charge in [0.2, 0.25) is 0 Å². The summed E-state index contributed by atoms with van der Waals surface area (Å²) in [6.07, 6.45) is 7.04. The van der Waals surface area contributed by atoms with Crippen molar-refractivity contribution in [3.05, 3.63) is 220 Å². The van der Waals surface area contributed by atoms with Gasteiger partial charge < -0.3 is 0 Å². The van der Waals surface area contributed by atoms with Gasteiger partial charge in [-0.3, -0.25) is 0 Å². The van der Waals surface area contributed by atoms with Gasteiger partial charge in [0.15, 0.2) is 17.5 Å². The lowest BCUT2D eigenvalue weighted by atomic mass is 9.64. The second kappa shape index (κ2) is 12.6. The van der Waals surface area contributed by atoms with E-state index in [0.29, 0.717) is 17.5 Å². The first kappa shape index (κ1) is 30.8. The minimum atomic E-state index is -0.391. The fourth-order valence-electron chi connectivity index (χ4n) is 8.19. The van der Waals surface area contributed by atoms with Crippen molar-refractivity contribution in [3.8, 4) is 34.2 Å². The summed E-state index contributed by atoms with van der Waals surface area (Å²) in [5.41, 5.74) is 13.1. The lowest BCUT2D eigenvalue weighted by Crippen LogP contribution is -2.30. The first-order chi connectivity index (χ1) is 25.1. The second-order valence-electron chi connectivity index (χ2n) is 13.7. The molecule has 1 heterocycles. The molecule has 244 valence electrons. The molecular formula is C48H37N3. The molecular weight excluding hydrogens is 619 g/mol. The molecule has 0 N–H and O–H groups in total. The highest BCUT2D eigenvalue weighted by Gasteiger charge is 2.52. The minimum absolute atomic E-state index is 0.163. The van der Waals surface area contributed by atoms with Crippen molar-refractivity contribution in [1.82, 2.24) is 15.0 Å². The fraction of sp³-hybridized carbons (Fsp3) is 0.104. The molecule has 0 amide bonds. The molecule has 2 aliphatic carbocycles. The highest BCUT2D eigenvalue weighted by atomic mass is 15.0. The largest absolute Gasteiger partial charge is 0.208 e. The number of fused-ring (bicyclic) bond motifs is 3. The van der Waals surface area contributed by atoms with E-state index in [-0.39, 0.29) is 11.8 Å². The number of aromatic nitrogens is 3. The number of rotatable bonds is 6. The Bertz CT molecular complexity index is 2300. The molecule has 0 fully saturated rings. The molecule has 51 heavy (non-hydrogen) atoms. The third-order valence-corrected chi connectivity index (χ3v) is 10.6. The molecule has 0 bridgehead atoms. The molecule has 2 unspecified atom stereocenters. The molecule has 0 aliphatic heterocycles. The first-order valence-electron chi connectivity index (χ1n) is 17.7. The molecule has 0 saturated carbocycles. The van der Waals surface area contributed by atoms with Crippen LogP contribution in [0.3, 0.4) is 0 Å². The number of nitrogens with zero attached hydrogens (tertiary/aromatic N) is 3. The van der Waals surface area contributed by atoms with E-state index in [4.69, 9.17) is 15.0 Å². The Labute approximate surface area is 299 Å². The van der Waals surface area contributed by atoms with Gasteiger partial charge in [0, 0.05) is 28.5 Å². The van der Waals surface area contributed by atoms with E-state index < -0.39 is 5.41 Å². The highest BCUT2D eigenvalue weighted by Crippen LogP contribution is 2.62. The fourth-order valence-corrected chi connectivity index (χ4v) is 8.19. The van der Waals surface area contributed by atoms with Crippen molar-refractivity contribution in [2.24, 2.45) is 0 Å². The van der Waals surface area contributed by atoms with Crippen LogP contribution in [0.5, 0.6) is 0 Å². The van der Waals surface area contributed by atoms with Crippen molar-refractivity contribution >= 4 is 0 Å². The molecule has 1 aromatic heterocycles. The topological polar surface area (TPSA) is 38.7 Å². The van der Waals surface area contributed by atoms with Crippen molar-refractivity contribution < 1.29 is 0 Å². The zero-order valence-corrected chi connectivity index (χ0v) is 28.7. The molecule has 3 nitrogen and oxygen atoms in total. The smallest absolute Gasteiger partial charge is 0.164 e. The highest BCUT2D eigenvalue weighted by molar-refractivity contribution is 5.72. The Morgan fingerprint density at radius 1 is 0.471 bits per heavy atom. The van der Waals surface area contributed by atoms with E-state index in [1.807, 2.05) is 60.7 Å². The Morgan fingerprint density at radius 3 is 1.47 bits per heavy atom. The number of aryl methyl sites for hydroxylation is 2. The lowest BCUT2D eigenvalue weighted by Gasteiger charge is -2.37. The molecule has 3 heteroatoms. The van der Waals surface area contributed by atoms with Gasteiger partial charge in [-0.15, -0.1) is 0 Å². The lowest BCUT2D eigenvalue weighted by molar-refractivity contribution is 0.645. The Balaban J connectivity index is 1.15. The molecule has 0 saturated heterocycles. The molecule has 7 aromatic rings. The van der Waals surface area contributed by atoms with Crippen LogP contribution in [0.15, 0.2) is 182 Å². The van der Waals surface area contributed by atoms with Crippen LogP contribution in [0.1, 0.15) is 50.8 Å². The Kier molecular flexibility index (Phi) is 7.62. The zero-order chi connectivity index (χ0) is 34.4. The van der Waals surface area contributed by atoms with Gasteiger partial charge in [-0.25, -0.2) is 15.0 Å². The third kappa shape index (κ3) is 5.25. The van der Waals surface area contributed by atoms with Gasteiger partial charge in [0.1, 0.15) is 0 Å². The maximum atomic E-state index is 4.98. The van der Waals surface area contributed by atoms with E-state index in [2.05, 4.69) is 129 Å². The van der Waals surface area contributed by atoms with E-state index in [0.717, 1.165) is 16.7 Å². The van der Waals surface area contributed by atoms with Crippen LogP contribution in [0, 0.1) is 13.8 Å². The number of hydrogen-bond donors (Lipinski definition) is 0. The maximum Gasteiger partial charge on any atom is 0.164 e. The van der Waals surface area contributed by atoms with Gasteiger partial charge in [-0.05, 0) is 47.2 Å². The van der Waals surface area contributed by atoms with E-state index in [1.54, 1.807) is 0 Å². The summed E-state index contributed by atoms with van der Waals surface area (Å²) in [5.74, 6) is 2.35. The summed E-state index contributed by atoms with van der Waals surface area (Å²) in [6, 6.07) is 56.6. The van der Waals surface area contributed by atoms with Crippen LogP contribution >= 0.6 is 0 Å². The number of hydrogen-bond acceptors (Lipinski definition) is 3. The summed E-state index contributed by atoms with van der Waals surface area (Å²) in [6.45, 7) is 4.33. The van der Waals surface area contributed by atoms with Crippen molar-refractivity contribution in [3.63, 3.8) is 0 Å². The van der Waals surface area contributed by atoms with Crippen LogP contribution in [0.4, 0.5) is 0 Å². The van der Waals surface area contributed by atoms with Gasteiger partial charge in [-0.1, -0.05) is 187 Å². The summed E-state index contributed by atoms with van der Waals surface area (Å²) in [5, 5.41) is 0. The monoisotopic (exact) mass is 655 g/mol. The Hall–Kier alpha value is -6.19. The predicted octanol–water partition coefficient (Wildman–Crippen LogP) is 11.2. The Morgan fingerprint density at radius 2 is 0.941 bits per heavy atom. The summed E-state index contributed by atoms with van der Waals surface area (Å²) < 4.78 is 0.